The van der Waals surface area contributed by atoms with Gasteiger partial charge in [-0.05, 0) is 49.8 Å². The molecule has 0 radical (unpaired) electrons. The minimum Gasteiger partial charge on any atom is -0.310 e. The molecule has 104 valence electrons. The van der Waals surface area contributed by atoms with Crippen molar-refractivity contribution in [1.82, 2.24) is 10.2 Å². The fourth-order valence-electron chi connectivity index (χ4n) is 3.11. The molecule has 1 aliphatic heterocycles. The number of nitrogens with zero attached hydrogens (tertiary/aromatic N) is 1. The molecule has 1 aromatic carbocycles. The van der Waals surface area contributed by atoms with Gasteiger partial charge in [0.05, 0.1) is 0 Å². The molecule has 2 fully saturated rings. The number of hydrogen-bond donors (Lipinski definition) is 1. The molecule has 0 aromatic heterocycles. The monoisotopic (exact) mass is 258 g/mol. The van der Waals surface area contributed by atoms with Crippen molar-refractivity contribution in [2.24, 2.45) is 0 Å². The van der Waals surface area contributed by atoms with Gasteiger partial charge in [0.2, 0.25) is 0 Å². The van der Waals surface area contributed by atoms with E-state index in [1.807, 2.05) is 0 Å². The minimum absolute atomic E-state index is 0.801. The van der Waals surface area contributed by atoms with E-state index in [0.717, 1.165) is 25.2 Å². The molecule has 1 N–H and O–H groups in total. The van der Waals surface area contributed by atoms with E-state index in [1.54, 1.807) is 0 Å². The average molecular weight is 258 g/mol. The molecular weight excluding hydrogens is 232 g/mol. The SMILES string of the molecule is CCC1CCCN1Cc1ccc(CNC2CC2)cc1. The molecule has 1 heterocycles. The molecule has 2 aliphatic rings. The van der Waals surface area contributed by atoms with E-state index in [2.05, 4.69) is 41.4 Å². The Morgan fingerprint density at radius 3 is 2.53 bits per heavy atom. The van der Waals surface area contributed by atoms with Crippen molar-refractivity contribution in [3.63, 3.8) is 0 Å². The molecule has 0 amide bonds. The Labute approximate surface area is 117 Å². The van der Waals surface area contributed by atoms with Gasteiger partial charge in [0.1, 0.15) is 0 Å². The molecule has 19 heavy (non-hydrogen) atoms. The van der Waals surface area contributed by atoms with Crippen LogP contribution in [0.3, 0.4) is 0 Å². The predicted octanol–water partition coefficient (Wildman–Crippen LogP) is 3.31. The van der Waals surface area contributed by atoms with E-state index < -0.39 is 0 Å². The minimum atomic E-state index is 0.801. The van der Waals surface area contributed by atoms with E-state index in [0.29, 0.717) is 0 Å². The summed E-state index contributed by atoms with van der Waals surface area (Å²) < 4.78 is 0. The molecule has 1 unspecified atom stereocenters. The molecule has 2 heteroatoms. The standard InChI is InChI=1S/C17H26N2/c1-2-17-4-3-11-19(17)13-15-7-5-14(6-8-15)12-18-16-9-10-16/h5-8,16-18H,2-4,9-13H2,1H3. The van der Waals surface area contributed by atoms with Gasteiger partial charge in [0.25, 0.3) is 0 Å². The van der Waals surface area contributed by atoms with Gasteiger partial charge in [0, 0.05) is 25.2 Å². The van der Waals surface area contributed by atoms with Gasteiger partial charge in [-0.25, -0.2) is 0 Å². The van der Waals surface area contributed by atoms with E-state index in [-0.39, 0.29) is 0 Å². The fraction of sp³-hybridized carbons (Fsp3) is 0.647. The van der Waals surface area contributed by atoms with E-state index in [1.165, 1.54) is 49.8 Å². The maximum atomic E-state index is 3.57. The zero-order valence-electron chi connectivity index (χ0n) is 12.1. The fourth-order valence-corrected chi connectivity index (χ4v) is 3.11. The summed E-state index contributed by atoms with van der Waals surface area (Å²) in [6, 6.07) is 10.8. The summed E-state index contributed by atoms with van der Waals surface area (Å²) in [5, 5.41) is 3.57. The number of nitrogens with one attached hydrogen (secondary N) is 1. The molecule has 1 atom stereocenters. The first-order valence-electron chi connectivity index (χ1n) is 7.90. The lowest BCUT2D eigenvalue weighted by Crippen LogP contribution is -2.28. The summed E-state index contributed by atoms with van der Waals surface area (Å²) in [6.45, 7) is 5.76. The van der Waals surface area contributed by atoms with Crippen molar-refractivity contribution in [1.29, 1.82) is 0 Å². The highest BCUT2D eigenvalue weighted by Crippen LogP contribution is 2.22. The van der Waals surface area contributed by atoms with Crippen molar-refractivity contribution in [3.8, 4) is 0 Å². The first kappa shape index (κ1) is 13.1. The van der Waals surface area contributed by atoms with Gasteiger partial charge in [-0.2, -0.15) is 0 Å². The summed E-state index contributed by atoms with van der Waals surface area (Å²) in [7, 11) is 0. The van der Waals surface area contributed by atoms with Crippen LogP contribution in [-0.2, 0) is 13.1 Å². The second kappa shape index (κ2) is 6.06. The van der Waals surface area contributed by atoms with Crippen LogP contribution >= 0.6 is 0 Å². The van der Waals surface area contributed by atoms with Crippen LogP contribution in [0.15, 0.2) is 24.3 Å². The van der Waals surface area contributed by atoms with E-state index in [4.69, 9.17) is 0 Å². The van der Waals surface area contributed by atoms with Crippen molar-refractivity contribution in [2.75, 3.05) is 6.54 Å². The highest BCUT2D eigenvalue weighted by molar-refractivity contribution is 5.22. The van der Waals surface area contributed by atoms with Crippen molar-refractivity contribution in [3.05, 3.63) is 35.4 Å². The largest absolute Gasteiger partial charge is 0.310 e. The van der Waals surface area contributed by atoms with Crippen LogP contribution in [-0.4, -0.2) is 23.5 Å². The smallest absolute Gasteiger partial charge is 0.0236 e. The molecule has 1 aromatic rings. The Morgan fingerprint density at radius 2 is 1.84 bits per heavy atom. The third-order valence-corrected chi connectivity index (χ3v) is 4.55. The van der Waals surface area contributed by atoms with Crippen molar-refractivity contribution < 1.29 is 0 Å². The van der Waals surface area contributed by atoms with Crippen LogP contribution in [0.2, 0.25) is 0 Å². The summed E-state index contributed by atoms with van der Waals surface area (Å²) in [6.07, 6.45) is 6.79. The van der Waals surface area contributed by atoms with Crippen LogP contribution in [0.1, 0.15) is 50.2 Å². The number of hydrogen-bond acceptors (Lipinski definition) is 2. The lowest BCUT2D eigenvalue weighted by Gasteiger charge is -2.23. The lowest BCUT2D eigenvalue weighted by molar-refractivity contribution is 0.240. The Kier molecular flexibility index (Phi) is 4.19. The van der Waals surface area contributed by atoms with Gasteiger partial charge in [-0.15, -0.1) is 0 Å². The zero-order valence-corrected chi connectivity index (χ0v) is 12.1. The van der Waals surface area contributed by atoms with Gasteiger partial charge < -0.3 is 5.32 Å². The topological polar surface area (TPSA) is 15.3 Å². The van der Waals surface area contributed by atoms with Gasteiger partial charge in [-0.3, -0.25) is 4.90 Å². The van der Waals surface area contributed by atoms with Crippen molar-refractivity contribution >= 4 is 0 Å². The Hall–Kier alpha value is -0.860. The highest BCUT2D eigenvalue weighted by Gasteiger charge is 2.22. The molecule has 1 aliphatic carbocycles. The van der Waals surface area contributed by atoms with Crippen LogP contribution in [0.4, 0.5) is 0 Å². The third-order valence-electron chi connectivity index (χ3n) is 4.55. The van der Waals surface area contributed by atoms with Gasteiger partial charge >= 0.3 is 0 Å². The average Bonchev–Trinajstić information content (AvgIpc) is 3.17. The molecule has 0 bridgehead atoms. The van der Waals surface area contributed by atoms with Crippen LogP contribution in [0.5, 0.6) is 0 Å². The van der Waals surface area contributed by atoms with E-state index >= 15 is 0 Å². The zero-order chi connectivity index (χ0) is 13.1. The first-order chi connectivity index (χ1) is 9.35. The molecule has 1 saturated heterocycles. The maximum absolute atomic E-state index is 3.57. The third kappa shape index (κ3) is 3.58. The molecule has 0 spiro atoms. The quantitative estimate of drug-likeness (QED) is 0.842. The molecule has 3 rings (SSSR count). The van der Waals surface area contributed by atoms with Crippen LogP contribution in [0.25, 0.3) is 0 Å². The maximum Gasteiger partial charge on any atom is 0.0236 e. The Bertz CT molecular complexity index is 394. The highest BCUT2D eigenvalue weighted by atomic mass is 15.2. The summed E-state index contributed by atoms with van der Waals surface area (Å²) >= 11 is 0. The normalized spacial score (nSPS) is 23.9. The Balaban J connectivity index is 1.52. The molecular formula is C17H26N2. The number of likely N-dealkylation sites (tertiary alicyclic amines) is 1. The Morgan fingerprint density at radius 1 is 1.11 bits per heavy atom. The van der Waals surface area contributed by atoms with Gasteiger partial charge in [-0.1, -0.05) is 31.2 Å². The van der Waals surface area contributed by atoms with E-state index in [9.17, 15) is 0 Å². The second-order valence-electron chi connectivity index (χ2n) is 6.15. The second-order valence-corrected chi connectivity index (χ2v) is 6.15. The summed E-state index contributed by atoms with van der Waals surface area (Å²) in [5.74, 6) is 0. The predicted molar refractivity (Wildman–Crippen MR) is 80.0 cm³/mol. The summed E-state index contributed by atoms with van der Waals surface area (Å²) in [5.41, 5.74) is 2.89. The van der Waals surface area contributed by atoms with Crippen molar-refractivity contribution in [2.45, 2.75) is 64.2 Å². The van der Waals surface area contributed by atoms with Crippen LogP contribution in [0, 0.1) is 0 Å². The molecule has 2 nitrogen and oxygen atoms in total. The molecule has 1 saturated carbocycles. The first-order valence-corrected chi connectivity index (χ1v) is 7.90. The van der Waals surface area contributed by atoms with Gasteiger partial charge in [0.15, 0.2) is 0 Å². The van der Waals surface area contributed by atoms with Crippen LogP contribution < -0.4 is 5.32 Å². The summed E-state index contributed by atoms with van der Waals surface area (Å²) in [4.78, 5) is 2.65. The lowest BCUT2D eigenvalue weighted by atomic mass is 10.1. The number of benzene rings is 1. The number of rotatable bonds is 6.